The molecule has 1 heterocycles. The molecule has 0 unspecified atom stereocenters. The van der Waals surface area contributed by atoms with E-state index in [2.05, 4.69) is 17.2 Å². The lowest BCUT2D eigenvalue weighted by atomic mass is 10.2. The molecule has 0 atom stereocenters. The van der Waals surface area contributed by atoms with Crippen LogP contribution in [-0.2, 0) is 4.79 Å². The van der Waals surface area contributed by atoms with Crippen LogP contribution in [0.3, 0.4) is 0 Å². The summed E-state index contributed by atoms with van der Waals surface area (Å²) in [4.78, 5) is 16.0. The summed E-state index contributed by atoms with van der Waals surface area (Å²) in [6.45, 7) is 2.13. The summed E-state index contributed by atoms with van der Waals surface area (Å²) >= 11 is 0. The number of fused-ring (bicyclic) bond motifs is 1. The first-order valence-electron chi connectivity index (χ1n) is 6.44. The Kier molecular flexibility index (Phi) is 4.29. The topological polar surface area (TPSA) is 42.0 Å². The number of carbonyl (C=O) groups excluding carboxylic acids is 1. The van der Waals surface area contributed by atoms with E-state index in [9.17, 15) is 4.79 Å². The largest absolute Gasteiger partial charge is 0.325 e. The van der Waals surface area contributed by atoms with E-state index >= 15 is 0 Å². The molecule has 0 bridgehead atoms. The van der Waals surface area contributed by atoms with Gasteiger partial charge in [-0.1, -0.05) is 38.0 Å². The number of hydrogen-bond donors (Lipinski definition) is 1. The van der Waals surface area contributed by atoms with Gasteiger partial charge in [0.1, 0.15) is 0 Å². The molecule has 0 aliphatic heterocycles. The van der Waals surface area contributed by atoms with Crippen LogP contribution in [-0.4, -0.2) is 10.9 Å². The van der Waals surface area contributed by atoms with Gasteiger partial charge in [0.25, 0.3) is 0 Å². The van der Waals surface area contributed by atoms with Crippen molar-refractivity contribution in [2.75, 3.05) is 5.32 Å². The number of hydrogen-bond acceptors (Lipinski definition) is 2. The van der Waals surface area contributed by atoms with Crippen molar-refractivity contribution < 1.29 is 4.79 Å². The van der Waals surface area contributed by atoms with Crippen molar-refractivity contribution in [3.8, 4) is 0 Å². The van der Waals surface area contributed by atoms with Gasteiger partial charge in [-0.05, 0) is 18.6 Å². The predicted octanol–water partition coefficient (Wildman–Crippen LogP) is 3.75. The summed E-state index contributed by atoms with van der Waals surface area (Å²) in [5, 5.41) is 3.94. The molecule has 1 aromatic carbocycles. The normalized spacial score (nSPS) is 10.5. The highest BCUT2D eigenvalue weighted by atomic mass is 16.1. The van der Waals surface area contributed by atoms with Crippen LogP contribution in [0.4, 0.5) is 5.69 Å². The minimum absolute atomic E-state index is 0.0699. The van der Waals surface area contributed by atoms with Crippen molar-refractivity contribution in [3.05, 3.63) is 36.5 Å². The van der Waals surface area contributed by atoms with Crippen LogP contribution in [0.1, 0.15) is 32.6 Å². The monoisotopic (exact) mass is 242 g/mol. The Bertz CT molecular complexity index is 537. The first-order chi connectivity index (χ1) is 8.79. The molecule has 0 saturated carbocycles. The lowest BCUT2D eigenvalue weighted by Crippen LogP contribution is -2.11. The van der Waals surface area contributed by atoms with Gasteiger partial charge in [0.15, 0.2) is 0 Å². The lowest BCUT2D eigenvalue weighted by Gasteiger charge is -2.05. The van der Waals surface area contributed by atoms with Crippen LogP contribution in [0.2, 0.25) is 0 Å². The van der Waals surface area contributed by atoms with Gasteiger partial charge in [0.05, 0.1) is 17.4 Å². The zero-order chi connectivity index (χ0) is 12.8. The highest BCUT2D eigenvalue weighted by molar-refractivity contribution is 5.92. The molecule has 94 valence electrons. The van der Waals surface area contributed by atoms with Gasteiger partial charge in [0.2, 0.25) is 5.91 Å². The molecule has 0 radical (unpaired) electrons. The number of rotatable bonds is 5. The quantitative estimate of drug-likeness (QED) is 0.811. The number of nitrogens with zero attached hydrogens (tertiary/aromatic N) is 1. The summed E-state index contributed by atoms with van der Waals surface area (Å²) in [5.41, 5.74) is 1.72. The van der Waals surface area contributed by atoms with E-state index in [4.69, 9.17) is 0 Å². The molecule has 2 rings (SSSR count). The Morgan fingerprint density at radius 1 is 1.28 bits per heavy atom. The summed E-state index contributed by atoms with van der Waals surface area (Å²) < 4.78 is 0. The van der Waals surface area contributed by atoms with E-state index < -0.39 is 0 Å². The lowest BCUT2D eigenvalue weighted by molar-refractivity contribution is -0.116. The van der Waals surface area contributed by atoms with E-state index in [1.165, 1.54) is 0 Å². The highest BCUT2D eigenvalue weighted by Crippen LogP contribution is 2.16. The van der Waals surface area contributed by atoms with Gasteiger partial charge in [0, 0.05) is 11.8 Å². The molecule has 0 aliphatic carbocycles. The van der Waals surface area contributed by atoms with Gasteiger partial charge < -0.3 is 5.32 Å². The molecule has 3 nitrogen and oxygen atoms in total. The zero-order valence-electron chi connectivity index (χ0n) is 10.6. The number of pyridine rings is 1. The third-order valence-corrected chi connectivity index (χ3v) is 2.88. The fraction of sp³-hybridized carbons (Fsp3) is 0.333. The molecule has 0 spiro atoms. The van der Waals surface area contributed by atoms with E-state index in [1.54, 1.807) is 6.20 Å². The number of anilines is 1. The molecule has 18 heavy (non-hydrogen) atoms. The fourth-order valence-electron chi connectivity index (χ4n) is 1.90. The van der Waals surface area contributed by atoms with Crippen molar-refractivity contribution in [1.29, 1.82) is 0 Å². The maximum Gasteiger partial charge on any atom is 0.224 e. The van der Waals surface area contributed by atoms with Crippen LogP contribution in [0, 0.1) is 0 Å². The molecule has 3 heteroatoms. The van der Waals surface area contributed by atoms with Crippen molar-refractivity contribution in [2.45, 2.75) is 32.6 Å². The molecule has 0 fully saturated rings. The minimum Gasteiger partial charge on any atom is -0.325 e. The molecule has 1 amide bonds. The van der Waals surface area contributed by atoms with Gasteiger partial charge >= 0.3 is 0 Å². The van der Waals surface area contributed by atoms with Gasteiger partial charge in [-0.15, -0.1) is 0 Å². The van der Waals surface area contributed by atoms with E-state index in [0.717, 1.165) is 35.9 Å². The molecular formula is C15H18N2O. The van der Waals surface area contributed by atoms with E-state index in [-0.39, 0.29) is 5.91 Å². The van der Waals surface area contributed by atoms with Crippen molar-refractivity contribution >= 4 is 22.5 Å². The third-order valence-electron chi connectivity index (χ3n) is 2.88. The van der Waals surface area contributed by atoms with Gasteiger partial charge in [-0.25, -0.2) is 0 Å². The smallest absolute Gasteiger partial charge is 0.224 e. The average Bonchev–Trinajstić information content (AvgIpc) is 2.39. The molecule has 1 N–H and O–H groups in total. The molecule has 2 aromatic rings. The minimum atomic E-state index is 0.0699. The number of nitrogens with one attached hydrogen (secondary N) is 1. The highest BCUT2D eigenvalue weighted by Gasteiger charge is 2.03. The summed E-state index contributed by atoms with van der Waals surface area (Å²) in [7, 11) is 0. The number of benzene rings is 1. The van der Waals surface area contributed by atoms with Crippen LogP contribution in [0.25, 0.3) is 10.9 Å². The molecule has 0 aliphatic rings. The van der Waals surface area contributed by atoms with E-state index in [0.29, 0.717) is 6.42 Å². The Labute approximate surface area is 107 Å². The second kappa shape index (κ2) is 6.15. The maximum absolute atomic E-state index is 11.7. The Hall–Kier alpha value is -1.90. The summed E-state index contributed by atoms with van der Waals surface area (Å²) in [6.07, 6.45) is 5.47. The van der Waals surface area contributed by atoms with Crippen LogP contribution >= 0.6 is 0 Å². The third kappa shape index (κ3) is 3.29. The second-order valence-corrected chi connectivity index (χ2v) is 4.42. The Morgan fingerprint density at radius 2 is 2.11 bits per heavy atom. The van der Waals surface area contributed by atoms with Crippen molar-refractivity contribution in [2.24, 2.45) is 0 Å². The average molecular weight is 242 g/mol. The van der Waals surface area contributed by atoms with Crippen molar-refractivity contribution in [3.63, 3.8) is 0 Å². The number of carbonyl (C=O) groups is 1. The van der Waals surface area contributed by atoms with E-state index in [1.807, 2.05) is 30.3 Å². The van der Waals surface area contributed by atoms with Crippen molar-refractivity contribution in [1.82, 2.24) is 4.98 Å². The summed E-state index contributed by atoms with van der Waals surface area (Å²) in [5.74, 6) is 0.0699. The maximum atomic E-state index is 11.7. The first kappa shape index (κ1) is 12.6. The number of unbranched alkanes of at least 4 members (excludes halogenated alkanes) is 2. The SMILES string of the molecule is CCCCCC(=O)Nc1cnc2ccccc2c1. The fourth-order valence-corrected chi connectivity index (χ4v) is 1.90. The predicted molar refractivity (Wildman–Crippen MR) is 74.5 cm³/mol. The number of aromatic nitrogens is 1. The van der Waals surface area contributed by atoms with Crippen LogP contribution in [0.15, 0.2) is 36.5 Å². The standard InChI is InChI=1S/C15H18N2O/c1-2-3-4-9-15(18)17-13-10-12-7-5-6-8-14(12)16-11-13/h5-8,10-11H,2-4,9H2,1H3,(H,17,18). The molecule has 1 aromatic heterocycles. The molecular weight excluding hydrogens is 224 g/mol. The molecule has 0 saturated heterocycles. The number of amides is 1. The van der Waals surface area contributed by atoms with Crippen LogP contribution < -0.4 is 5.32 Å². The number of para-hydroxylation sites is 1. The van der Waals surface area contributed by atoms with Gasteiger partial charge in [-0.3, -0.25) is 9.78 Å². The Morgan fingerprint density at radius 3 is 2.94 bits per heavy atom. The Balaban J connectivity index is 2.01. The second-order valence-electron chi connectivity index (χ2n) is 4.42. The van der Waals surface area contributed by atoms with Gasteiger partial charge in [-0.2, -0.15) is 0 Å². The first-order valence-corrected chi connectivity index (χ1v) is 6.44. The zero-order valence-corrected chi connectivity index (χ0v) is 10.6. The van der Waals surface area contributed by atoms with Crippen LogP contribution in [0.5, 0.6) is 0 Å². The summed E-state index contributed by atoms with van der Waals surface area (Å²) in [6, 6.07) is 9.84.